The lowest BCUT2D eigenvalue weighted by molar-refractivity contribution is 0.178. The SMILES string of the molecule is CCCCCCCC(NCC)C1COc2ccccc2C1. The van der Waals surface area contributed by atoms with Gasteiger partial charge >= 0.3 is 0 Å². The highest BCUT2D eigenvalue weighted by Crippen LogP contribution is 2.29. The van der Waals surface area contributed by atoms with E-state index in [1.165, 1.54) is 44.1 Å². The molecule has 118 valence electrons. The van der Waals surface area contributed by atoms with Crippen molar-refractivity contribution in [2.45, 2.75) is 64.8 Å². The molecule has 21 heavy (non-hydrogen) atoms. The standard InChI is InChI=1S/C19H31NO/c1-3-5-6-7-8-12-18(20-4-2)17-14-16-11-9-10-13-19(16)21-15-17/h9-11,13,17-18,20H,3-8,12,14-15H2,1-2H3. The van der Waals surface area contributed by atoms with Crippen LogP contribution in [0.2, 0.25) is 0 Å². The molecule has 2 atom stereocenters. The molecular weight excluding hydrogens is 258 g/mol. The van der Waals surface area contributed by atoms with Crippen molar-refractivity contribution in [1.29, 1.82) is 0 Å². The maximum atomic E-state index is 5.97. The van der Waals surface area contributed by atoms with E-state index >= 15 is 0 Å². The predicted molar refractivity (Wildman–Crippen MR) is 90.0 cm³/mol. The first-order valence-electron chi connectivity index (χ1n) is 8.79. The zero-order valence-corrected chi connectivity index (χ0v) is 13.7. The maximum Gasteiger partial charge on any atom is 0.122 e. The van der Waals surface area contributed by atoms with Crippen LogP contribution in [0.15, 0.2) is 24.3 Å². The van der Waals surface area contributed by atoms with Crippen molar-refractivity contribution in [1.82, 2.24) is 5.32 Å². The summed E-state index contributed by atoms with van der Waals surface area (Å²) in [5, 5.41) is 3.69. The minimum absolute atomic E-state index is 0.602. The maximum absolute atomic E-state index is 5.97. The van der Waals surface area contributed by atoms with Gasteiger partial charge in [0, 0.05) is 12.0 Å². The lowest BCUT2D eigenvalue weighted by Gasteiger charge is -2.32. The fourth-order valence-corrected chi connectivity index (χ4v) is 3.34. The van der Waals surface area contributed by atoms with E-state index < -0.39 is 0 Å². The smallest absolute Gasteiger partial charge is 0.122 e. The third-order valence-corrected chi connectivity index (χ3v) is 4.56. The third-order valence-electron chi connectivity index (χ3n) is 4.56. The van der Waals surface area contributed by atoms with E-state index in [4.69, 9.17) is 4.74 Å². The molecule has 0 amide bonds. The van der Waals surface area contributed by atoms with Crippen molar-refractivity contribution >= 4 is 0 Å². The molecule has 1 aliphatic rings. The first-order chi connectivity index (χ1) is 10.3. The number of rotatable bonds is 9. The molecule has 0 saturated carbocycles. The van der Waals surface area contributed by atoms with Crippen molar-refractivity contribution in [3.05, 3.63) is 29.8 Å². The quantitative estimate of drug-likeness (QED) is 0.672. The molecule has 1 aliphatic heterocycles. The molecule has 0 radical (unpaired) electrons. The van der Waals surface area contributed by atoms with Gasteiger partial charge in [0.25, 0.3) is 0 Å². The molecule has 0 bridgehead atoms. The highest BCUT2D eigenvalue weighted by atomic mass is 16.5. The molecule has 2 nitrogen and oxygen atoms in total. The Balaban J connectivity index is 1.84. The fraction of sp³-hybridized carbons (Fsp3) is 0.684. The van der Waals surface area contributed by atoms with Crippen LogP contribution in [-0.4, -0.2) is 19.2 Å². The van der Waals surface area contributed by atoms with Gasteiger partial charge in [-0.1, -0.05) is 64.2 Å². The van der Waals surface area contributed by atoms with Gasteiger partial charge in [-0.15, -0.1) is 0 Å². The van der Waals surface area contributed by atoms with Crippen LogP contribution in [0.4, 0.5) is 0 Å². The summed E-state index contributed by atoms with van der Waals surface area (Å²) >= 11 is 0. The average Bonchev–Trinajstić information content (AvgIpc) is 2.53. The third kappa shape index (κ3) is 5.03. The second-order valence-corrected chi connectivity index (χ2v) is 6.25. The van der Waals surface area contributed by atoms with Gasteiger partial charge in [0.15, 0.2) is 0 Å². The number of para-hydroxylation sites is 1. The van der Waals surface area contributed by atoms with Crippen LogP contribution in [0.25, 0.3) is 0 Å². The Hall–Kier alpha value is -1.02. The molecule has 0 saturated heterocycles. The molecule has 0 aliphatic carbocycles. The van der Waals surface area contributed by atoms with Crippen LogP contribution < -0.4 is 10.1 Å². The number of nitrogens with one attached hydrogen (secondary N) is 1. The second kappa shape index (κ2) is 9.09. The highest BCUT2D eigenvalue weighted by molar-refractivity contribution is 5.35. The van der Waals surface area contributed by atoms with E-state index in [-0.39, 0.29) is 0 Å². The monoisotopic (exact) mass is 289 g/mol. The Morgan fingerprint density at radius 2 is 1.95 bits per heavy atom. The van der Waals surface area contributed by atoms with Crippen molar-refractivity contribution in [2.24, 2.45) is 5.92 Å². The van der Waals surface area contributed by atoms with Crippen LogP contribution >= 0.6 is 0 Å². The minimum atomic E-state index is 0.602. The number of unbranched alkanes of at least 4 members (excludes halogenated alkanes) is 4. The van der Waals surface area contributed by atoms with Crippen LogP contribution in [0.5, 0.6) is 5.75 Å². The summed E-state index contributed by atoms with van der Waals surface area (Å²) in [4.78, 5) is 0. The van der Waals surface area contributed by atoms with Crippen molar-refractivity contribution in [3.8, 4) is 5.75 Å². The highest BCUT2D eigenvalue weighted by Gasteiger charge is 2.26. The molecule has 1 aromatic rings. The summed E-state index contributed by atoms with van der Waals surface area (Å²) in [5.74, 6) is 1.71. The molecule has 2 rings (SSSR count). The summed E-state index contributed by atoms with van der Waals surface area (Å²) in [6.45, 7) is 6.40. The van der Waals surface area contributed by atoms with Gasteiger partial charge in [-0.3, -0.25) is 0 Å². The van der Waals surface area contributed by atoms with Gasteiger partial charge in [-0.2, -0.15) is 0 Å². The molecule has 0 aromatic heterocycles. The van der Waals surface area contributed by atoms with Gasteiger partial charge in [-0.25, -0.2) is 0 Å². The number of hydrogen-bond acceptors (Lipinski definition) is 2. The topological polar surface area (TPSA) is 21.3 Å². The molecular formula is C19H31NO. The van der Waals surface area contributed by atoms with Crippen molar-refractivity contribution in [3.63, 3.8) is 0 Å². The van der Waals surface area contributed by atoms with Crippen molar-refractivity contribution in [2.75, 3.05) is 13.2 Å². The van der Waals surface area contributed by atoms with Gasteiger partial charge in [0.05, 0.1) is 6.61 Å². The Bertz CT molecular complexity index is 404. The number of ether oxygens (including phenoxy) is 1. The molecule has 2 heteroatoms. The van der Waals surface area contributed by atoms with E-state index in [0.717, 1.165) is 25.3 Å². The van der Waals surface area contributed by atoms with Crippen LogP contribution in [0.1, 0.15) is 57.9 Å². The summed E-state index contributed by atoms with van der Waals surface area (Å²) in [6, 6.07) is 9.10. The Morgan fingerprint density at radius 1 is 1.14 bits per heavy atom. The lowest BCUT2D eigenvalue weighted by atomic mass is 9.87. The summed E-state index contributed by atoms with van der Waals surface area (Å²) in [6.07, 6.45) is 9.25. The largest absolute Gasteiger partial charge is 0.493 e. The van der Waals surface area contributed by atoms with Crippen molar-refractivity contribution < 1.29 is 4.74 Å². The van der Waals surface area contributed by atoms with E-state index in [9.17, 15) is 0 Å². The predicted octanol–water partition coefficient (Wildman–Crippen LogP) is 4.58. The fourth-order valence-electron chi connectivity index (χ4n) is 3.34. The van der Waals surface area contributed by atoms with Crippen LogP contribution in [0.3, 0.4) is 0 Å². The molecule has 1 N–H and O–H groups in total. The summed E-state index contributed by atoms with van der Waals surface area (Å²) < 4.78 is 5.97. The Labute approximate surface area is 130 Å². The summed E-state index contributed by atoms with van der Waals surface area (Å²) in [5.41, 5.74) is 1.38. The Morgan fingerprint density at radius 3 is 2.76 bits per heavy atom. The average molecular weight is 289 g/mol. The van der Waals surface area contributed by atoms with E-state index in [0.29, 0.717) is 12.0 Å². The lowest BCUT2D eigenvalue weighted by Crippen LogP contribution is -2.41. The first kappa shape index (κ1) is 16.4. The van der Waals surface area contributed by atoms with Gasteiger partial charge in [0.2, 0.25) is 0 Å². The number of benzene rings is 1. The van der Waals surface area contributed by atoms with Crippen LogP contribution in [-0.2, 0) is 6.42 Å². The van der Waals surface area contributed by atoms with Gasteiger partial charge < -0.3 is 10.1 Å². The second-order valence-electron chi connectivity index (χ2n) is 6.25. The zero-order chi connectivity index (χ0) is 14.9. The Kier molecular flexibility index (Phi) is 7.08. The molecule has 1 heterocycles. The normalized spacial score (nSPS) is 18.9. The van der Waals surface area contributed by atoms with Crippen LogP contribution in [0, 0.1) is 5.92 Å². The molecule has 0 fully saturated rings. The van der Waals surface area contributed by atoms with Gasteiger partial charge in [-0.05, 0) is 31.0 Å². The summed E-state index contributed by atoms with van der Waals surface area (Å²) in [7, 11) is 0. The number of hydrogen-bond donors (Lipinski definition) is 1. The zero-order valence-electron chi connectivity index (χ0n) is 13.7. The molecule has 1 aromatic carbocycles. The first-order valence-corrected chi connectivity index (χ1v) is 8.79. The van der Waals surface area contributed by atoms with E-state index in [2.05, 4.69) is 43.4 Å². The van der Waals surface area contributed by atoms with E-state index in [1.807, 2.05) is 0 Å². The van der Waals surface area contributed by atoms with Gasteiger partial charge in [0.1, 0.15) is 5.75 Å². The minimum Gasteiger partial charge on any atom is -0.493 e. The number of fused-ring (bicyclic) bond motifs is 1. The molecule has 0 spiro atoms. The molecule has 2 unspecified atom stereocenters. The van der Waals surface area contributed by atoms with E-state index in [1.54, 1.807) is 0 Å².